The second kappa shape index (κ2) is 8.12. The molecular formula is C16H24ClNa2O7P. The summed E-state index contributed by atoms with van der Waals surface area (Å²) in [5.41, 5.74) is -1.00. The Bertz CT molecular complexity index is 774. The Morgan fingerprint density at radius 1 is 1.22 bits per heavy atom. The van der Waals surface area contributed by atoms with Crippen LogP contribution >= 0.6 is 19.4 Å². The molecular weight excluding hydrogens is 417 g/mol. The second-order valence-electron chi connectivity index (χ2n) is 8.11. The molecule has 7 nitrogen and oxygen atoms in total. The molecule has 2 fully saturated rings. The average molecular weight is 441 g/mol. The summed E-state index contributed by atoms with van der Waals surface area (Å²) in [7, 11) is -4.76. The first-order chi connectivity index (χ1) is 11.3. The normalized spacial score (nSPS) is 29.0. The van der Waals surface area contributed by atoms with Crippen LogP contribution in [0.1, 0.15) is 43.0 Å². The maximum absolute atomic E-state index is 11.2. The molecule has 2 aliphatic heterocycles. The molecule has 0 bridgehead atoms. The predicted octanol–water partition coefficient (Wildman–Crippen LogP) is -2.00. The summed E-state index contributed by atoms with van der Waals surface area (Å²) < 4.78 is 21.9. The summed E-state index contributed by atoms with van der Waals surface area (Å²) in [4.78, 5) is 29.4. The zero-order chi connectivity index (χ0) is 18.9. The number of ether oxygens (including phenoxy) is 1. The van der Waals surface area contributed by atoms with Crippen molar-refractivity contribution in [3.05, 3.63) is 28.8 Å². The third-order valence-corrected chi connectivity index (χ3v) is 5.67. The van der Waals surface area contributed by atoms with Gasteiger partial charge in [0.05, 0.1) is 11.6 Å². The summed E-state index contributed by atoms with van der Waals surface area (Å²) >= 11 is 6.01. The molecule has 0 spiro atoms. The van der Waals surface area contributed by atoms with Gasteiger partial charge >= 0.3 is 66.9 Å². The van der Waals surface area contributed by atoms with E-state index in [4.69, 9.17) is 40.4 Å². The molecule has 2 saturated heterocycles. The largest absolute Gasteiger partial charge is 1.00 e. The Hall–Kier alpha value is 1.34. The molecule has 0 aromatic heterocycles. The van der Waals surface area contributed by atoms with E-state index in [0.29, 0.717) is 12.2 Å². The number of hydrogen-bond donors (Lipinski definition) is 2. The van der Waals surface area contributed by atoms with Crippen molar-refractivity contribution in [1.29, 1.82) is 0 Å². The Kier molecular flexibility index (Phi) is 7.93. The van der Waals surface area contributed by atoms with Gasteiger partial charge in [-0.3, -0.25) is 9.79 Å². The van der Waals surface area contributed by atoms with Crippen LogP contribution in [0.25, 0.3) is 0 Å². The first-order valence-electron chi connectivity index (χ1n) is 7.82. The van der Waals surface area contributed by atoms with Gasteiger partial charge in [0, 0.05) is 16.4 Å². The molecule has 2 aliphatic rings. The zero-order valence-corrected chi connectivity index (χ0v) is 22.4. The minimum absolute atomic E-state index is 0. The van der Waals surface area contributed by atoms with Gasteiger partial charge < -0.3 is 12.1 Å². The van der Waals surface area contributed by atoms with Crippen LogP contribution in [-0.2, 0) is 24.9 Å². The van der Waals surface area contributed by atoms with Gasteiger partial charge in [-0.1, -0.05) is 52.3 Å². The SMILES string of the molecule is CC(C)(C)C12OOC1(c1ccc(Cl)c(OP(=O)(O)O)c1)OCC2(C)C.[H-].[H-].[Na+].[Na+]. The molecule has 3 rings (SSSR count). The Balaban J connectivity index is 0. The van der Waals surface area contributed by atoms with Gasteiger partial charge in [0.2, 0.25) is 0 Å². The molecule has 0 aliphatic carbocycles. The molecule has 2 heterocycles. The zero-order valence-electron chi connectivity index (χ0n) is 18.7. The van der Waals surface area contributed by atoms with E-state index in [1.165, 1.54) is 12.1 Å². The van der Waals surface area contributed by atoms with Gasteiger partial charge in [-0.05, 0) is 12.1 Å². The van der Waals surface area contributed by atoms with E-state index in [-0.39, 0.29) is 83.6 Å². The van der Waals surface area contributed by atoms with Crippen LogP contribution in [0.2, 0.25) is 5.02 Å². The first kappa shape index (κ1) is 26.4. The van der Waals surface area contributed by atoms with Crippen LogP contribution < -0.4 is 63.6 Å². The van der Waals surface area contributed by atoms with E-state index >= 15 is 0 Å². The Morgan fingerprint density at radius 2 is 1.81 bits per heavy atom. The summed E-state index contributed by atoms with van der Waals surface area (Å²) in [6.07, 6.45) is 0. The molecule has 0 radical (unpaired) electrons. The van der Waals surface area contributed by atoms with Crippen molar-refractivity contribution >= 4 is 19.4 Å². The van der Waals surface area contributed by atoms with Crippen LogP contribution in [0.5, 0.6) is 5.75 Å². The summed E-state index contributed by atoms with van der Waals surface area (Å²) in [6.45, 7) is 10.6. The topological polar surface area (TPSA) is 94.5 Å². The van der Waals surface area contributed by atoms with Crippen molar-refractivity contribution in [3.8, 4) is 5.75 Å². The van der Waals surface area contributed by atoms with Crippen molar-refractivity contribution in [2.75, 3.05) is 6.61 Å². The Labute approximate surface area is 211 Å². The maximum atomic E-state index is 11.2. The molecule has 0 amide bonds. The monoisotopic (exact) mass is 440 g/mol. The van der Waals surface area contributed by atoms with Crippen LogP contribution in [0.15, 0.2) is 18.2 Å². The maximum Gasteiger partial charge on any atom is 1.00 e. The number of benzene rings is 1. The molecule has 11 heteroatoms. The summed E-state index contributed by atoms with van der Waals surface area (Å²) in [6, 6.07) is 4.59. The van der Waals surface area contributed by atoms with Crippen LogP contribution in [0, 0.1) is 10.8 Å². The van der Waals surface area contributed by atoms with Crippen LogP contribution in [-0.4, -0.2) is 22.0 Å². The van der Waals surface area contributed by atoms with E-state index in [9.17, 15) is 4.57 Å². The smallest absolute Gasteiger partial charge is 1.00 e. The van der Waals surface area contributed by atoms with Gasteiger partial charge in [-0.25, -0.2) is 9.45 Å². The minimum Gasteiger partial charge on any atom is -1.00 e. The molecule has 144 valence electrons. The molecule has 1 aromatic carbocycles. The third-order valence-electron chi connectivity index (χ3n) is 4.92. The predicted molar refractivity (Wildman–Crippen MR) is 92.1 cm³/mol. The van der Waals surface area contributed by atoms with Crippen molar-refractivity contribution in [2.24, 2.45) is 10.8 Å². The van der Waals surface area contributed by atoms with Gasteiger partial charge in [0.15, 0.2) is 11.4 Å². The van der Waals surface area contributed by atoms with Gasteiger partial charge in [-0.2, -0.15) is 4.89 Å². The first-order valence-corrected chi connectivity index (χ1v) is 9.73. The molecule has 0 saturated carbocycles. The summed E-state index contributed by atoms with van der Waals surface area (Å²) in [5, 5.41) is 0.0716. The van der Waals surface area contributed by atoms with E-state index in [1.54, 1.807) is 6.07 Å². The third kappa shape index (κ3) is 3.99. The number of rotatable bonds is 3. The Morgan fingerprint density at radius 3 is 2.26 bits per heavy atom. The van der Waals surface area contributed by atoms with Gasteiger partial charge in [-0.15, -0.1) is 0 Å². The quantitative estimate of drug-likeness (QED) is 0.319. The van der Waals surface area contributed by atoms with Crippen molar-refractivity contribution in [1.82, 2.24) is 0 Å². The van der Waals surface area contributed by atoms with Crippen LogP contribution in [0.4, 0.5) is 0 Å². The summed E-state index contributed by atoms with van der Waals surface area (Å²) in [5.74, 6) is -1.36. The van der Waals surface area contributed by atoms with E-state index in [2.05, 4.69) is 0 Å². The fourth-order valence-electron chi connectivity index (χ4n) is 4.14. The molecule has 1 aromatic rings. The van der Waals surface area contributed by atoms with Crippen molar-refractivity contribution < 1.29 is 95.4 Å². The number of phosphoric acid groups is 1. The molecule has 27 heavy (non-hydrogen) atoms. The average Bonchev–Trinajstić information content (AvgIpc) is 2.53. The van der Waals surface area contributed by atoms with Crippen LogP contribution in [0.3, 0.4) is 0 Å². The van der Waals surface area contributed by atoms with Crippen molar-refractivity contribution in [3.63, 3.8) is 0 Å². The molecule has 2 atom stereocenters. The number of hydrogen-bond acceptors (Lipinski definition) is 5. The van der Waals surface area contributed by atoms with Crippen molar-refractivity contribution in [2.45, 2.75) is 46.0 Å². The number of halogens is 1. The van der Waals surface area contributed by atoms with Gasteiger partial charge in [0.25, 0.3) is 5.79 Å². The number of fused-ring (bicyclic) bond motifs is 1. The fourth-order valence-corrected chi connectivity index (χ4v) is 4.76. The molecule has 2 N–H and O–H groups in total. The minimum atomic E-state index is -4.76. The fraction of sp³-hybridized carbons (Fsp3) is 0.625. The van der Waals surface area contributed by atoms with E-state index in [0.717, 1.165) is 0 Å². The van der Waals surface area contributed by atoms with E-state index in [1.807, 2.05) is 34.6 Å². The van der Waals surface area contributed by atoms with Gasteiger partial charge in [0.1, 0.15) is 0 Å². The van der Waals surface area contributed by atoms with E-state index < -0.39 is 19.2 Å². The second-order valence-corrected chi connectivity index (χ2v) is 9.68. The molecule has 2 unspecified atom stereocenters. The standard InChI is InChI=1S/C16H22ClO7P.2Na.2H/c1-13(2,3)16-14(4,5)9-21-15(16,23-24-16)10-6-7-11(17)12(8-10)22-25(18,19)20;;;;/h6-8H,9H2,1-5H3,(H2,18,19,20);;;;/q;2*+1;2*-1. The number of phosphoric ester groups is 1.